The third kappa shape index (κ3) is 8.16. The number of hydrogen-bond donors (Lipinski definition) is 1. The Morgan fingerprint density at radius 3 is 2.31 bits per heavy atom. The van der Waals surface area contributed by atoms with Crippen LogP contribution in [0, 0.1) is 29.6 Å². The number of nitrogens with zero attached hydrogens (tertiary/aromatic N) is 1. The maximum absolute atomic E-state index is 13.1. The number of carbonyl (C=O) groups is 1. The summed E-state index contributed by atoms with van der Waals surface area (Å²) in [5, 5.41) is 9.28. The van der Waals surface area contributed by atoms with Gasteiger partial charge in [0.15, 0.2) is 0 Å². The van der Waals surface area contributed by atoms with Gasteiger partial charge in [0.2, 0.25) is 0 Å². The number of likely N-dealkylation sites (tertiary alicyclic amines) is 1. The average Bonchev–Trinajstić information content (AvgIpc) is 2.69. The molecule has 3 nitrogen and oxygen atoms in total. The summed E-state index contributed by atoms with van der Waals surface area (Å²) in [6.07, 6.45) is -0.216. The zero-order valence-electron chi connectivity index (χ0n) is 19.6. The molecule has 32 heavy (non-hydrogen) atoms. The van der Waals surface area contributed by atoms with Crippen LogP contribution >= 0.6 is 0 Å². The topological polar surface area (TPSA) is 40.5 Å². The number of carboxylic acid groups (broad SMARTS) is 1. The molecule has 1 aliphatic heterocycles. The zero-order valence-corrected chi connectivity index (χ0v) is 19.6. The molecule has 0 aliphatic carbocycles. The van der Waals surface area contributed by atoms with E-state index >= 15 is 0 Å². The summed E-state index contributed by atoms with van der Waals surface area (Å²) in [7, 11) is 0. The predicted octanol–water partition coefficient (Wildman–Crippen LogP) is 6.79. The van der Waals surface area contributed by atoms with Crippen LogP contribution < -0.4 is 0 Å². The number of alkyl halides is 3. The molecule has 2 rings (SSSR count). The first kappa shape index (κ1) is 26.3. The summed E-state index contributed by atoms with van der Waals surface area (Å²) in [6.45, 7) is 9.29. The number of benzene rings is 1. The highest BCUT2D eigenvalue weighted by Gasteiger charge is 2.35. The normalized spacial score (nSPS) is 20.8. The third-order valence-electron chi connectivity index (χ3n) is 6.04. The molecule has 0 radical (unpaired) electrons. The minimum absolute atomic E-state index is 0.00501. The van der Waals surface area contributed by atoms with E-state index in [2.05, 4.69) is 44.4 Å². The van der Waals surface area contributed by atoms with Gasteiger partial charge in [0.1, 0.15) is 0 Å². The molecule has 0 amide bonds. The van der Waals surface area contributed by atoms with Crippen molar-refractivity contribution in [1.82, 2.24) is 4.90 Å². The maximum Gasteiger partial charge on any atom is 0.416 e. The Hall–Kier alpha value is -2.00. The van der Waals surface area contributed by atoms with E-state index in [4.69, 9.17) is 0 Å². The minimum atomic E-state index is -4.38. The van der Waals surface area contributed by atoms with Crippen LogP contribution in [0.15, 0.2) is 24.3 Å². The van der Waals surface area contributed by atoms with Crippen molar-refractivity contribution >= 4 is 5.97 Å². The molecule has 1 aliphatic rings. The van der Waals surface area contributed by atoms with Crippen molar-refractivity contribution in [2.75, 3.05) is 6.54 Å². The van der Waals surface area contributed by atoms with Gasteiger partial charge in [-0.2, -0.15) is 13.2 Å². The van der Waals surface area contributed by atoms with E-state index in [1.807, 2.05) is 0 Å². The number of aliphatic carboxylic acids is 1. The van der Waals surface area contributed by atoms with Gasteiger partial charge in [0.05, 0.1) is 11.6 Å². The number of halogens is 3. The predicted molar refractivity (Wildman–Crippen MR) is 121 cm³/mol. The highest BCUT2D eigenvalue weighted by molar-refractivity contribution is 5.67. The quantitative estimate of drug-likeness (QED) is 0.443. The number of piperidine rings is 1. The van der Waals surface area contributed by atoms with Crippen LogP contribution in [0.25, 0.3) is 0 Å². The van der Waals surface area contributed by atoms with Gasteiger partial charge >= 0.3 is 12.1 Å². The smallest absolute Gasteiger partial charge is 0.416 e. The standard InChI is InChI=1S/C26H36F3NO2/c1-18(2)6-5-7-23(13-8-19(3)4)30-15-14-20(17-25(31)32)16-24(30)21-9-11-22(12-10-21)26(27,28)29/h9-12,18-20,23-24H,6,8,13-17H2,1-4H3,(H,31,32)/t20-,23-,24+/m1/s1. The second-order valence-electron chi connectivity index (χ2n) is 9.77. The Morgan fingerprint density at radius 1 is 1.12 bits per heavy atom. The van der Waals surface area contributed by atoms with Crippen molar-refractivity contribution in [1.29, 1.82) is 0 Å². The largest absolute Gasteiger partial charge is 0.481 e. The Morgan fingerprint density at radius 2 is 1.78 bits per heavy atom. The Labute approximate surface area is 190 Å². The van der Waals surface area contributed by atoms with E-state index in [0.29, 0.717) is 24.8 Å². The summed E-state index contributed by atoms with van der Waals surface area (Å²) in [6, 6.07) is 5.22. The summed E-state index contributed by atoms with van der Waals surface area (Å²) in [5.74, 6) is 6.94. The summed E-state index contributed by atoms with van der Waals surface area (Å²) < 4.78 is 39.2. The van der Waals surface area contributed by atoms with Crippen LogP contribution in [-0.2, 0) is 11.0 Å². The Balaban J connectivity index is 2.35. The second kappa shape index (κ2) is 11.7. The summed E-state index contributed by atoms with van der Waals surface area (Å²) in [4.78, 5) is 13.6. The van der Waals surface area contributed by atoms with Crippen LogP contribution in [0.1, 0.15) is 83.4 Å². The fourth-order valence-electron chi connectivity index (χ4n) is 4.28. The van der Waals surface area contributed by atoms with Crippen LogP contribution in [0.5, 0.6) is 0 Å². The molecule has 1 fully saturated rings. The van der Waals surface area contributed by atoms with Crippen molar-refractivity contribution in [3.63, 3.8) is 0 Å². The number of carboxylic acids is 1. The van der Waals surface area contributed by atoms with Gasteiger partial charge in [-0.05, 0) is 61.1 Å². The van der Waals surface area contributed by atoms with Gasteiger partial charge in [-0.1, -0.05) is 45.7 Å². The van der Waals surface area contributed by atoms with Crippen LogP contribution in [0.3, 0.4) is 0 Å². The van der Waals surface area contributed by atoms with Gasteiger partial charge < -0.3 is 5.11 Å². The highest BCUT2D eigenvalue weighted by atomic mass is 19.4. The van der Waals surface area contributed by atoms with E-state index in [1.165, 1.54) is 0 Å². The molecule has 1 aromatic carbocycles. The van der Waals surface area contributed by atoms with Crippen molar-refractivity contribution in [2.45, 2.75) is 84.5 Å². The fraction of sp³-hybridized carbons (Fsp3) is 0.654. The van der Waals surface area contributed by atoms with Crippen molar-refractivity contribution in [3.8, 4) is 11.8 Å². The molecular weight excluding hydrogens is 415 g/mol. The molecule has 0 spiro atoms. The van der Waals surface area contributed by atoms with E-state index in [-0.39, 0.29) is 24.4 Å². The third-order valence-corrected chi connectivity index (χ3v) is 6.04. The molecule has 6 heteroatoms. The maximum atomic E-state index is 13.1. The monoisotopic (exact) mass is 451 g/mol. The molecule has 1 aromatic rings. The summed E-state index contributed by atoms with van der Waals surface area (Å²) >= 11 is 0. The van der Waals surface area contributed by atoms with Crippen LogP contribution in [0.2, 0.25) is 0 Å². The van der Waals surface area contributed by atoms with Gasteiger partial charge in [0, 0.05) is 25.4 Å². The van der Waals surface area contributed by atoms with E-state index in [9.17, 15) is 23.1 Å². The molecular formula is C26H36F3NO2. The molecule has 3 atom stereocenters. The van der Waals surface area contributed by atoms with Crippen molar-refractivity contribution in [3.05, 3.63) is 35.4 Å². The number of rotatable bonds is 8. The molecule has 0 aromatic heterocycles. The Kier molecular flexibility index (Phi) is 9.64. The zero-order chi connectivity index (χ0) is 23.9. The molecule has 1 saturated heterocycles. The molecule has 0 bridgehead atoms. The second-order valence-corrected chi connectivity index (χ2v) is 9.77. The number of hydrogen-bond acceptors (Lipinski definition) is 2. The minimum Gasteiger partial charge on any atom is -0.481 e. The lowest BCUT2D eigenvalue weighted by molar-refractivity contribution is -0.139. The summed E-state index contributed by atoms with van der Waals surface area (Å²) in [5.41, 5.74) is 0.132. The van der Waals surface area contributed by atoms with Gasteiger partial charge in [-0.25, -0.2) is 0 Å². The highest BCUT2D eigenvalue weighted by Crippen LogP contribution is 2.39. The van der Waals surface area contributed by atoms with Crippen molar-refractivity contribution < 1.29 is 23.1 Å². The average molecular weight is 452 g/mol. The molecule has 178 valence electrons. The van der Waals surface area contributed by atoms with Gasteiger partial charge in [-0.15, -0.1) is 5.92 Å². The molecule has 1 N–H and O–H groups in total. The van der Waals surface area contributed by atoms with Crippen LogP contribution in [0.4, 0.5) is 13.2 Å². The Bertz CT molecular complexity index is 790. The first-order valence-electron chi connectivity index (χ1n) is 11.6. The lowest BCUT2D eigenvalue weighted by Gasteiger charge is -2.42. The molecule has 0 unspecified atom stereocenters. The van der Waals surface area contributed by atoms with E-state index < -0.39 is 17.7 Å². The molecule has 0 saturated carbocycles. The lowest BCUT2D eigenvalue weighted by atomic mass is 9.83. The molecule has 1 heterocycles. The van der Waals surface area contributed by atoms with Gasteiger partial charge in [-0.3, -0.25) is 9.69 Å². The van der Waals surface area contributed by atoms with E-state index in [1.54, 1.807) is 12.1 Å². The van der Waals surface area contributed by atoms with Crippen molar-refractivity contribution in [2.24, 2.45) is 17.8 Å². The first-order valence-corrected chi connectivity index (χ1v) is 11.6. The van der Waals surface area contributed by atoms with Crippen LogP contribution in [-0.4, -0.2) is 28.6 Å². The SMILES string of the molecule is CC(C)CC#C[C@H](CCC(C)C)N1CC[C@@H](CC(=O)O)C[C@H]1c1ccc(C(F)(F)F)cc1. The lowest BCUT2D eigenvalue weighted by Crippen LogP contribution is -2.43. The van der Waals surface area contributed by atoms with Gasteiger partial charge in [0.25, 0.3) is 0 Å². The van der Waals surface area contributed by atoms with E-state index in [0.717, 1.165) is 43.4 Å². The first-order chi connectivity index (χ1) is 15.0. The fourth-order valence-corrected chi connectivity index (χ4v) is 4.28.